The van der Waals surface area contributed by atoms with Gasteiger partial charge in [-0.2, -0.15) is 0 Å². The molecule has 0 fully saturated rings. The highest BCUT2D eigenvalue weighted by Crippen LogP contribution is 2.24. The zero-order chi connectivity index (χ0) is 18.5. The highest BCUT2D eigenvalue weighted by molar-refractivity contribution is 6.07. The smallest absolute Gasteiger partial charge is 0.307 e. The van der Waals surface area contributed by atoms with E-state index in [9.17, 15) is 9.59 Å². The Hall–Kier alpha value is -3.21. The van der Waals surface area contributed by atoms with Gasteiger partial charge in [0.1, 0.15) is 0 Å². The van der Waals surface area contributed by atoms with Crippen molar-refractivity contribution in [1.29, 1.82) is 0 Å². The van der Waals surface area contributed by atoms with Gasteiger partial charge in [0, 0.05) is 17.0 Å². The van der Waals surface area contributed by atoms with Gasteiger partial charge in [-0.15, -0.1) is 0 Å². The van der Waals surface area contributed by atoms with Crippen LogP contribution in [0.1, 0.15) is 23.7 Å². The summed E-state index contributed by atoms with van der Waals surface area (Å²) in [5.41, 5.74) is 2.95. The number of hydrogen-bond donors (Lipinski definition) is 1. The lowest BCUT2D eigenvalue weighted by Crippen LogP contribution is -2.34. The van der Waals surface area contributed by atoms with Gasteiger partial charge in [-0.05, 0) is 19.1 Å². The van der Waals surface area contributed by atoms with E-state index in [1.54, 1.807) is 13.0 Å². The van der Waals surface area contributed by atoms with Crippen molar-refractivity contribution in [1.82, 2.24) is 10.3 Å². The van der Waals surface area contributed by atoms with E-state index in [0.29, 0.717) is 5.56 Å². The van der Waals surface area contributed by atoms with Gasteiger partial charge >= 0.3 is 5.97 Å². The molecule has 0 saturated heterocycles. The van der Waals surface area contributed by atoms with Gasteiger partial charge in [-0.3, -0.25) is 9.59 Å². The van der Waals surface area contributed by atoms with Crippen molar-refractivity contribution in [2.24, 2.45) is 0 Å². The molecule has 132 valence electrons. The van der Waals surface area contributed by atoms with Crippen LogP contribution in [0.5, 0.6) is 0 Å². The SMILES string of the molecule is COC(=O)CC(C)NC(=O)c1cc(-c2ccccc2)nc2ccccc12. The first-order valence-electron chi connectivity index (χ1n) is 8.41. The first-order chi connectivity index (χ1) is 12.6. The van der Waals surface area contributed by atoms with Gasteiger partial charge in [0.25, 0.3) is 5.91 Å². The molecule has 1 unspecified atom stereocenters. The summed E-state index contributed by atoms with van der Waals surface area (Å²) in [6, 6.07) is 18.7. The van der Waals surface area contributed by atoms with Crippen LogP contribution < -0.4 is 5.32 Å². The zero-order valence-corrected chi connectivity index (χ0v) is 14.7. The van der Waals surface area contributed by atoms with Crippen LogP contribution in [0.15, 0.2) is 60.7 Å². The first kappa shape index (κ1) is 17.6. The van der Waals surface area contributed by atoms with E-state index < -0.39 is 0 Å². The third kappa shape index (κ3) is 3.88. The van der Waals surface area contributed by atoms with Crippen molar-refractivity contribution in [3.63, 3.8) is 0 Å². The Labute approximate surface area is 152 Å². The van der Waals surface area contributed by atoms with Crippen LogP contribution in [0, 0.1) is 0 Å². The van der Waals surface area contributed by atoms with Gasteiger partial charge < -0.3 is 10.1 Å². The number of ether oxygens (including phenoxy) is 1. The number of carbonyl (C=O) groups excluding carboxylic acids is 2. The molecule has 2 aromatic carbocycles. The number of benzene rings is 2. The monoisotopic (exact) mass is 348 g/mol. The second-order valence-electron chi connectivity index (χ2n) is 6.09. The minimum atomic E-state index is -0.359. The molecule has 0 aliphatic carbocycles. The molecule has 1 atom stereocenters. The third-order valence-electron chi connectivity index (χ3n) is 4.11. The van der Waals surface area contributed by atoms with Crippen LogP contribution in [0.2, 0.25) is 0 Å². The predicted octanol–water partition coefficient (Wildman–Crippen LogP) is 3.58. The molecule has 3 rings (SSSR count). The van der Waals surface area contributed by atoms with Crippen molar-refractivity contribution < 1.29 is 14.3 Å². The lowest BCUT2D eigenvalue weighted by atomic mass is 10.0. The average molecular weight is 348 g/mol. The summed E-state index contributed by atoms with van der Waals surface area (Å²) in [7, 11) is 1.33. The fraction of sp³-hybridized carbons (Fsp3) is 0.190. The van der Waals surface area contributed by atoms with Gasteiger partial charge in [-0.1, -0.05) is 48.5 Å². The van der Waals surface area contributed by atoms with Gasteiger partial charge in [0.2, 0.25) is 0 Å². The molecule has 1 heterocycles. The van der Waals surface area contributed by atoms with E-state index in [0.717, 1.165) is 22.2 Å². The minimum Gasteiger partial charge on any atom is -0.469 e. The van der Waals surface area contributed by atoms with E-state index in [1.807, 2.05) is 54.6 Å². The second kappa shape index (κ2) is 7.78. The first-order valence-corrected chi connectivity index (χ1v) is 8.41. The van der Waals surface area contributed by atoms with E-state index in [1.165, 1.54) is 7.11 Å². The molecule has 5 nitrogen and oxygen atoms in total. The molecule has 0 radical (unpaired) electrons. The molecule has 0 saturated carbocycles. The summed E-state index contributed by atoms with van der Waals surface area (Å²) in [4.78, 5) is 28.9. The van der Waals surface area contributed by atoms with Crippen LogP contribution >= 0.6 is 0 Å². The van der Waals surface area contributed by atoms with Gasteiger partial charge in [0.05, 0.1) is 30.3 Å². The number of rotatable bonds is 5. The topological polar surface area (TPSA) is 68.3 Å². The van der Waals surface area contributed by atoms with Crippen LogP contribution in [0.25, 0.3) is 22.2 Å². The number of fused-ring (bicyclic) bond motifs is 1. The number of nitrogens with one attached hydrogen (secondary N) is 1. The van der Waals surface area contributed by atoms with E-state index in [4.69, 9.17) is 0 Å². The van der Waals surface area contributed by atoms with Crippen molar-refractivity contribution in [3.8, 4) is 11.3 Å². The predicted molar refractivity (Wildman–Crippen MR) is 101 cm³/mol. The number of methoxy groups -OCH3 is 1. The summed E-state index contributed by atoms with van der Waals surface area (Å²) >= 11 is 0. The standard InChI is InChI=1S/C21H20N2O3/c1-14(12-20(24)26-2)22-21(25)17-13-19(15-8-4-3-5-9-15)23-18-11-7-6-10-16(17)18/h3-11,13-14H,12H2,1-2H3,(H,22,25). The fourth-order valence-electron chi connectivity index (χ4n) is 2.81. The number of amides is 1. The van der Waals surface area contributed by atoms with E-state index in [-0.39, 0.29) is 24.3 Å². The van der Waals surface area contributed by atoms with Crippen LogP contribution in [0.3, 0.4) is 0 Å². The lowest BCUT2D eigenvalue weighted by molar-refractivity contribution is -0.141. The number of nitrogens with zero attached hydrogens (tertiary/aromatic N) is 1. The maximum absolute atomic E-state index is 12.8. The van der Waals surface area contributed by atoms with Crippen molar-refractivity contribution in [2.45, 2.75) is 19.4 Å². The minimum absolute atomic E-state index is 0.122. The summed E-state index contributed by atoms with van der Waals surface area (Å²) < 4.78 is 4.66. The summed E-state index contributed by atoms with van der Waals surface area (Å²) in [6.45, 7) is 1.77. The number of hydrogen-bond acceptors (Lipinski definition) is 4. The van der Waals surface area contributed by atoms with E-state index in [2.05, 4.69) is 15.0 Å². The second-order valence-corrected chi connectivity index (χ2v) is 6.09. The Bertz CT molecular complexity index is 938. The Balaban J connectivity index is 1.98. The van der Waals surface area contributed by atoms with Crippen molar-refractivity contribution in [3.05, 3.63) is 66.2 Å². The van der Waals surface area contributed by atoms with Crippen LogP contribution in [-0.2, 0) is 9.53 Å². The van der Waals surface area contributed by atoms with Gasteiger partial charge in [-0.25, -0.2) is 4.98 Å². The zero-order valence-electron chi connectivity index (χ0n) is 14.7. The summed E-state index contributed by atoms with van der Waals surface area (Å²) in [6.07, 6.45) is 0.122. The average Bonchev–Trinajstić information content (AvgIpc) is 2.67. The summed E-state index contributed by atoms with van der Waals surface area (Å²) in [5, 5.41) is 3.64. The molecule has 1 N–H and O–H groups in total. The maximum atomic E-state index is 12.8. The summed E-state index contributed by atoms with van der Waals surface area (Å²) in [5.74, 6) is -0.598. The number of para-hydroxylation sites is 1. The van der Waals surface area contributed by atoms with Crippen LogP contribution in [-0.4, -0.2) is 30.0 Å². The molecule has 26 heavy (non-hydrogen) atoms. The number of pyridine rings is 1. The van der Waals surface area contributed by atoms with Crippen molar-refractivity contribution in [2.75, 3.05) is 7.11 Å². The molecular formula is C21H20N2O3. The molecule has 0 aliphatic rings. The van der Waals surface area contributed by atoms with Crippen LogP contribution in [0.4, 0.5) is 0 Å². The van der Waals surface area contributed by atoms with Crippen molar-refractivity contribution >= 4 is 22.8 Å². The lowest BCUT2D eigenvalue weighted by Gasteiger charge is -2.15. The Morgan fingerprint density at radius 2 is 1.77 bits per heavy atom. The molecular weight excluding hydrogens is 328 g/mol. The molecule has 1 amide bonds. The molecule has 3 aromatic rings. The fourth-order valence-corrected chi connectivity index (χ4v) is 2.81. The Kier molecular flexibility index (Phi) is 5.27. The highest BCUT2D eigenvalue weighted by atomic mass is 16.5. The number of esters is 1. The highest BCUT2D eigenvalue weighted by Gasteiger charge is 2.17. The number of carbonyl (C=O) groups is 2. The molecule has 5 heteroatoms. The third-order valence-corrected chi connectivity index (χ3v) is 4.11. The Morgan fingerprint density at radius 3 is 2.50 bits per heavy atom. The molecule has 1 aromatic heterocycles. The normalized spacial score (nSPS) is 11.8. The number of aromatic nitrogens is 1. The van der Waals surface area contributed by atoms with E-state index >= 15 is 0 Å². The van der Waals surface area contributed by atoms with Gasteiger partial charge in [0.15, 0.2) is 0 Å². The molecule has 0 bridgehead atoms. The molecule has 0 aliphatic heterocycles. The molecule has 0 spiro atoms. The maximum Gasteiger partial charge on any atom is 0.307 e. The quantitative estimate of drug-likeness (QED) is 0.716. The Morgan fingerprint density at radius 1 is 1.08 bits per heavy atom. The largest absolute Gasteiger partial charge is 0.469 e.